The van der Waals surface area contributed by atoms with Gasteiger partial charge in [0.05, 0.1) is 0 Å². The van der Waals surface area contributed by atoms with Crippen molar-refractivity contribution in [3.63, 3.8) is 0 Å². The van der Waals surface area contributed by atoms with Gasteiger partial charge >= 0.3 is 0 Å². The van der Waals surface area contributed by atoms with Crippen LogP contribution in [0.15, 0.2) is 24.3 Å². The molecule has 1 heterocycles. The molecule has 0 aromatic heterocycles. The largest absolute Gasteiger partial charge is 0.326 e. The van der Waals surface area contributed by atoms with Gasteiger partial charge in [0.25, 0.3) is 0 Å². The zero-order chi connectivity index (χ0) is 11.5. The lowest BCUT2D eigenvalue weighted by atomic mass is 9.88. The molecule has 2 N–H and O–H groups in total. The van der Waals surface area contributed by atoms with Gasteiger partial charge in [0.2, 0.25) is 5.91 Å². The van der Waals surface area contributed by atoms with E-state index in [1.54, 1.807) is 12.1 Å². The van der Waals surface area contributed by atoms with E-state index in [2.05, 4.69) is 10.6 Å². The third-order valence-corrected chi connectivity index (χ3v) is 3.05. The van der Waals surface area contributed by atoms with Gasteiger partial charge in [-0.1, -0.05) is 6.92 Å². The lowest BCUT2D eigenvalue weighted by Gasteiger charge is -2.31. The number of anilines is 1. The topological polar surface area (TPSA) is 41.1 Å². The molecule has 0 saturated carbocycles. The summed E-state index contributed by atoms with van der Waals surface area (Å²) in [5.74, 6) is 0.110. The maximum absolute atomic E-state index is 12.7. The number of hydrogen-bond donors (Lipinski definition) is 2. The van der Waals surface area contributed by atoms with Gasteiger partial charge in [-0.25, -0.2) is 4.39 Å². The molecular formula is C12H15FN2O. The van der Waals surface area contributed by atoms with Crippen molar-refractivity contribution in [1.82, 2.24) is 5.32 Å². The first-order valence-corrected chi connectivity index (χ1v) is 5.44. The number of carbonyl (C=O) groups is 1. The highest BCUT2D eigenvalue weighted by Gasteiger charge is 2.28. The molecule has 1 aromatic rings. The molecule has 3 nitrogen and oxygen atoms in total. The molecule has 1 amide bonds. The Labute approximate surface area is 94.0 Å². The van der Waals surface area contributed by atoms with Crippen LogP contribution >= 0.6 is 0 Å². The Kier molecular flexibility index (Phi) is 3.19. The number of halogens is 1. The Morgan fingerprint density at radius 3 is 2.56 bits per heavy atom. The average Bonchev–Trinajstić information content (AvgIpc) is 2.19. The minimum absolute atomic E-state index is 0.00175. The molecule has 1 fully saturated rings. The molecule has 0 spiro atoms. The summed E-state index contributed by atoms with van der Waals surface area (Å²) in [4.78, 5) is 11.8. The van der Waals surface area contributed by atoms with Gasteiger partial charge < -0.3 is 10.6 Å². The zero-order valence-corrected chi connectivity index (χ0v) is 9.16. The van der Waals surface area contributed by atoms with E-state index in [1.807, 2.05) is 6.92 Å². The van der Waals surface area contributed by atoms with Crippen molar-refractivity contribution >= 4 is 11.6 Å². The summed E-state index contributed by atoms with van der Waals surface area (Å²) in [5, 5.41) is 5.92. The fraction of sp³-hybridized carbons (Fsp3) is 0.417. The third kappa shape index (κ3) is 2.39. The van der Waals surface area contributed by atoms with Crippen molar-refractivity contribution in [3.05, 3.63) is 30.1 Å². The Bertz CT molecular complexity index is 373. The average molecular weight is 222 g/mol. The molecule has 0 radical (unpaired) electrons. The molecule has 1 atom stereocenters. The van der Waals surface area contributed by atoms with E-state index in [4.69, 9.17) is 0 Å². The summed E-state index contributed by atoms with van der Waals surface area (Å²) in [5.41, 5.74) is 0.644. The van der Waals surface area contributed by atoms with Crippen molar-refractivity contribution in [2.75, 3.05) is 18.4 Å². The van der Waals surface area contributed by atoms with Gasteiger partial charge in [-0.15, -0.1) is 0 Å². The lowest BCUT2D eigenvalue weighted by molar-refractivity contribution is -0.121. The van der Waals surface area contributed by atoms with Crippen LogP contribution in [-0.4, -0.2) is 19.0 Å². The number of hydrogen-bond acceptors (Lipinski definition) is 2. The maximum atomic E-state index is 12.7. The Morgan fingerprint density at radius 1 is 1.44 bits per heavy atom. The molecule has 0 aliphatic carbocycles. The van der Waals surface area contributed by atoms with E-state index < -0.39 is 0 Å². The number of amides is 1. The van der Waals surface area contributed by atoms with Crippen molar-refractivity contribution in [2.24, 2.45) is 11.8 Å². The summed E-state index contributed by atoms with van der Waals surface area (Å²) in [6, 6.07) is 5.81. The van der Waals surface area contributed by atoms with Gasteiger partial charge in [-0.3, -0.25) is 4.79 Å². The summed E-state index contributed by atoms with van der Waals surface area (Å²) < 4.78 is 12.7. The Balaban J connectivity index is 1.93. The van der Waals surface area contributed by atoms with E-state index >= 15 is 0 Å². The van der Waals surface area contributed by atoms with Gasteiger partial charge in [0.1, 0.15) is 5.82 Å². The molecule has 1 aromatic carbocycles. The third-order valence-electron chi connectivity index (χ3n) is 3.05. The lowest BCUT2D eigenvalue weighted by Crippen LogP contribution is -2.48. The van der Waals surface area contributed by atoms with Crippen LogP contribution in [-0.2, 0) is 4.79 Å². The molecular weight excluding hydrogens is 207 g/mol. The van der Waals surface area contributed by atoms with Crippen LogP contribution < -0.4 is 10.6 Å². The van der Waals surface area contributed by atoms with Crippen LogP contribution in [0.2, 0.25) is 0 Å². The van der Waals surface area contributed by atoms with Crippen molar-refractivity contribution in [2.45, 2.75) is 6.92 Å². The van der Waals surface area contributed by atoms with E-state index in [-0.39, 0.29) is 17.6 Å². The fourth-order valence-electron chi connectivity index (χ4n) is 1.67. The highest BCUT2D eigenvalue weighted by Crippen LogP contribution is 2.18. The second-order valence-electron chi connectivity index (χ2n) is 4.20. The van der Waals surface area contributed by atoms with Crippen molar-refractivity contribution < 1.29 is 9.18 Å². The number of benzene rings is 1. The Hall–Kier alpha value is -1.42. The SMILES string of the molecule is CC(C(=O)Nc1ccc(F)cc1)C1CNC1. The molecule has 16 heavy (non-hydrogen) atoms. The van der Waals surface area contributed by atoms with Crippen LogP contribution in [0, 0.1) is 17.7 Å². The monoisotopic (exact) mass is 222 g/mol. The first kappa shape index (κ1) is 11.1. The molecule has 1 saturated heterocycles. The number of carbonyl (C=O) groups excluding carboxylic acids is 1. The van der Waals surface area contributed by atoms with Gasteiger partial charge in [-0.05, 0) is 43.3 Å². The van der Waals surface area contributed by atoms with Crippen LogP contribution in [0.4, 0.5) is 10.1 Å². The first-order valence-electron chi connectivity index (χ1n) is 5.44. The van der Waals surface area contributed by atoms with Crippen LogP contribution in [0.5, 0.6) is 0 Å². The molecule has 2 rings (SSSR count). The fourth-order valence-corrected chi connectivity index (χ4v) is 1.67. The highest BCUT2D eigenvalue weighted by molar-refractivity contribution is 5.92. The first-order chi connectivity index (χ1) is 7.66. The molecule has 0 bridgehead atoms. The van der Waals surface area contributed by atoms with E-state index in [0.717, 1.165) is 13.1 Å². The van der Waals surface area contributed by atoms with E-state index in [0.29, 0.717) is 11.6 Å². The van der Waals surface area contributed by atoms with E-state index in [9.17, 15) is 9.18 Å². The summed E-state index contributed by atoms with van der Waals surface area (Å²) in [6.45, 7) is 3.72. The zero-order valence-electron chi connectivity index (χ0n) is 9.16. The second kappa shape index (κ2) is 4.61. The summed E-state index contributed by atoms with van der Waals surface area (Å²) in [6.07, 6.45) is 0. The minimum Gasteiger partial charge on any atom is -0.326 e. The smallest absolute Gasteiger partial charge is 0.227 e. The predicted molar refractivity (Wildman–Crippen MR) is 60.6 cm³/mol. The number of rotatable bonds is 3. The molecule has 86 valence electrons. The van der Waals surface area contributed by atoms with Crippen LogP contribution in [0.1, 0.15) is 6.92 Å². The molecule has 1 aliphatic heterocycles. The Morgan fingerprint density at radius 2 is 2.06 bits per heavy atom. The van der Waals surface area contributed by atoms with E-state index in [1.165, 1.54) is 12.1 Å². The second-order valence-corrected chi connectivity index (χ2v) is 4.20. The standard InChI is InChI=1S/C12H15FN2O/c1-8(9-6-14-7-9)12(16)15-11-4-2-10(13)3-5-11/h2-5,8-9,14H,6-7H2,1H3,(H,15,16). The maximum Gasteiger partial charge on any atom is 0.227 e. The van der Waals surface area contributed by atoms with Gasteiger partial charge in [0.15, 0.2) is 0 Å². The normalized spacial score (nSPS) is 17.6. The quantitative estimate of drug-likeness (QED) is 0.816. The van der Waals surface area contributed by atoms with Gasteiger partial charge in [-0.2, -0.15) is 0 Å². The highest BCUT2D eigenvalue weighted by atomic mass is 19.1. The van der Waals surface area contributed by atoms with Gasteiger partial charge in [0, 0.05) is 11.6 Å². The number of nitrogens with one attached hydrogen (secondary N) is 2. The van der Waals surface area contributed by atoms with Crippen molar-refractivity contribution in [1.29, 1.82) is 0 Å². The predicted octanol–water partition coefficient (Wildman–Crippen LogP) is 1.62. The van der Waals surface area contributed by atoms with Crippen LogP contribution in [0.25, 0.3) is 0 Å². The summed E-state index contributed by atoms with van der Waals surface area (Å²) in [7, 11) is 0. The minimum atomic E-state index is -0.297. The molecule has 1 aliphatic rings. The molecule has 4 heteroatoms. The summed E-state index contributed by atoms with van der Waals surface area (Å²) >= 11 is 0. The van der Waals surface area contributed by atoms with Crippen LogP contribution in [0.3, 0.4) is 0 Å². The molecule has 1 unspecified atom stereocenters. The van der Waals surface area contributed by atoms with Crippen molar-refractivity contribution in [3.8, 4) is 0 Å².